The summed E-state index contributed by atoms with van der Waals surface area (Å²) in [7, 11) is 0.962. The molecule has 11 heavy (non-hydrogen) atoms. The van der Waals surface area contributed by atoms with Crippen molar-refractivity contribution in [1.82, 2.24) is 5.32 Å². The second-order valence-corrected chi connectivity index (χ2v) is 2.32. The summed E-state index contributed by atoms with van der Waals surface area (Å²) >= 11 is 0. The Hall–Kier alpha value is -0.850. The first-order valence-electron chi connectivity index (χ1n) is 3.17. The van der Waals surface area contributed by atoms with Crippen LogP contribution in [-0.4, -0.2) is 34.4 Å². The molecular weight excluding hydrogens is 152 g/mol. The van der Waals surface area contributed by atoms with Gasteiger partial charge in [0.05, 0.1) is 7.05 Å². The van der Waals surface area contributed by atoms with Crippen LogP contribution in [0.1, 0.15) is 13.3 Å². The number of nitrogens with one attached hydrogen (secondary N) is 1. The Morgan fingerprint density at radius 3 is 2.36 bits per heavy atom. The molecule has 0 aliphatic carbocycles. The topological polar surface area (TPSA) is 92.6 Å². The Labute approximate surface area is 64.2 Å². The quantitative estimate of drug-likeness (QED) is 0.318. The van der Waals surface area contributed by atoms with Gasteiger partial charge in [0.25, 0.3) is 0 Å². The van der Waals surface area contributed by atoms with Gasteiger partial charge in [-0.25, -0.2) is 10.0 Å². The van der Waals surface area contributed by atoms with Crippen molar-refractivity contribution in [3.63, 3.8) is 0 Å². The highest BCUT2D eigenvalue weighted by molar-refractivity contribution is 5.64. The molecule has 6 heteroatoms. The highest BCUT2D eigenvalue weighted by Gasteiger charge is 2.22. The summed E-state index contributed by atoms with van der Waals surface area (Å²) in [6.45, 7) is 1.60. The van der Waals surface area contributed by atoms with Gasteiger partial charge in [0.1, 0.15) is 0 Å². The number of hydrogen-bond acceptors (Lipinski definition) is 3. The van der Waals surface area contributed by atoms with Crippen molar-refractivity contribution in [2.24, 2.45) is 0 Å². The first kappa shape index (κ1) is 10.2. The summed E-state index contributed by atoms with van der Waals surface area (Å²) in [5, 5.41) is 29.6. The lowest BCUT2D eigenvalue weighted by Gasteiger charge is -2.35. The number of amides is 1. The fourth-order valence-electron chi connectivity index (χ4n) is 0.703. The van der Waals surface area contributed by atoms with Crippen LogP contribution in [-0.2, 0) is 0 Å². The maximum atomic E-state index is 10.7. The zero-order valence-electron chi connectivity index (χ0n) is 6.44. The molecule has 0 heterocycles. The van der Waals surface area contributed by atoms with Crippen molar-refractivity contribution in [3.8, 4) is 0 Å². The van der Waals surface area contributed by atoms with Crippen molar-refractivity contribution >= 4 is 6.09 Å². The van der Waals surface area contributed by atoms with Crippen molar-refractivity contribution in [2.45, 2.75) is 19.5 Å². The monoisotopic (exact) mass is 164 g/mol. The summed E-state index contributed by atoms with van der Waals surface area (Å²) in [6.07, 6.45) is -2.10. The average Bonchev–Trinajstić information content (AvgIpc) is 1.79. The van der Waals surface area contributed by atoms with E-state index in [1.807, 2.05) is 5.32 Å². The largest absolute Gasteiger partial charge is 0.597 e. The normalized spacial score (nSPS) is 18.5. The molecule has 66 valence electrons. The molecule has 0 aliphatic rings. The van der Waals surface area contributed by atoms with Crippen molar-refractivity contribution < 1.29 is 19.9 Å². The number of rotatable bonds is 3. The second-order valence-electron chi connectivity index (χ2n) is 2.32. The van der Waals surface area contributed by atoms with E-state index in [9.17, 15) is 10.0 Å². The van der Waals surface area contributed by atoms with Gasteiger partial charge in [0.15, 0.2) is 6.17 Å². The van der Waals surface area contributed by atoms with E-state index in [0.717, 1.165) is 7.05 Å². The fourth-order valence-corrected chi connectivity index (χ4v) is 0.703. The molecule has 2 atom stereocenters. The second kappa shape index (κ2) is 3.51. The SMILES string of the molecule is CCC(NC(=O)O)[N+](C)([O-])O. The standard InChI is InChI=1S/C5H12N2O4/c1-3-4(6-5(8)9)7(2,10)11/h4,6,10H,3H2,1-2H3,(H,8,9). The molecule has 0 bridgehead atoms. The van der Waals surface area contributed by atoms with Crippen LogP contribution in [0.3, 0.4) is 0 Å². The average molecular weight is 164 g/mol. The van der Waals surface area contributed by atoms with Gasteiger partial charge >= 0.3 is 6.09 Å². The van der Waals surface area contributed by atoms with E-state index in [-0.39, 0.29) is 6.42 Å². The molecule has 0 aromatic carbocycles. The van der Waals surface area contributed by atoms with Gasteiger partial charge in [-0.2, -0.15) is 4.81 Å². The van der Waals surface area contributed by atoms with E-state index in [4.69, 9.17) is 10.3 Å². The maximum Gasteiger partial charge on any atom is 0.409 e. The number of carboxylic acid groups (broad SMARTS) is 1. The molecule has 0 rings (SSSR count). The molecule has 6 nitrogen and oxygen atoms in total. The third-order valence-electron chi connectivity index (χ3n) is 1.26. The minimum absolute atomic E-state index is 0.239. The number of hydroxylamine groups is 4. The van der Waals surface area contributed by atoms with Crippen molar-refractivity contribution in [3.05, 3.63) is 5.21 Å². The van der Waals surface area contributed by atoms with E-state index in [1.165, 1.54) is 0 Å². The molecule has 0 fully saturated rings. The lowest BCUT2D eigenvalue weighted by molar-refractivity contribution is -1.07. The Morgan fingerprint density at radius 1 is 1.82 bits per heavy atom. The van der Waals surface area contributed by atoms with Gasteiger partial charge in [0, 0.05) is 6.42 Å². The highest BCUT2D eigenvalue weighted by atomic mass is 16.8. The van der Waals surface area contributed by atoms with Crippen LogP contribution in [0.4, 0.5) is 4.79 Å². The molecule has 0 aromatic rings. The zero-order chi connectivity index (χ0) is 9.07. The third kappa shape index (κ3) is 3.76. The van der Waals surface area contributed by atoms with Gasteiger partial charge in [-0.3, -0.25) is 5.32 Å². The lowest BCUT2D eigenvalue weighted by atomic mass is 10.4. The minimum atomic E-state index is -1.64. The molecule has 2 unspecified atom stereocenters. The summed E-state index contributed by atoms with van der Waals surface area (Å²) < 4.78 is 0. The molecule has 1 amide bonds. The predicted molar refractivity (Wildman–Crippen MR) is 36.6 cm³/mol. The van der Waals surface area contributed by atoms with E-state index in [1.54, 1.807) is 6.92 Å². The van der Waals surface area contributed by atoms with E-state index in [2.05, 4.69) is 0 Å². The summed E-state index contributed by atoms with van der Waals surface area (Å²) in [5.74, 6) is 0. The third-order valence-corrected chi connectivity index (χ3v) is 1.26. The van der Waals surface area contributed by atoms with E-state index < -0.39 is 17.1 Å². The fraction of sp³-hybridized carbons (Fsp3) is 0.800. The zero-order valence-corrected chi connectivity index (χ0v) is 6.44. The van der Waals surface area contributed by atoms with Crippen molar-refractivity contribution in [2.75, 3.05) is 7.05 Å². The Bertz CT molecular complexity index is 142. The minimum Gasteiger partial charge on any atom is -0.597 e. The number of carbonyl (C=O) groups is 1. The Kier molecular flexibility index (Phi) is 3.24. The van der Waals surface area contributed by atoms with Crippen LogP contribution in [0.2, 0.25) is 0 Å². The van der Waals surface area contributed by atoms with Crippen LogP contribution >= 0.6 is 0 Å². The van der Waals surface area contributed by atoms with Gasteiger partial charge in [-0.05, 0) is 0 Å². The molecule has 0 aromatic heterocycles. The van der Waals surface area contributed by atoms with Gasteiger partial charge in [-0.1, -0.05) is 6.92 Å². The lowest BCUT2D eigenvalue weighted by Crippen LogP contribution is -2.53. The van der Waals surface area contributed by atoms with Crippen LogP contribution < -0.4 is 5.32 Å². The summed E-state index contributed by atoms with van der Waals surface area (Å²) in [6, 6.07) is 0. The highest BCUT2D eigenvalue weighted by Crippen LogP contribution is 2.03. The van der Waals surface area contributed by atoms with Gasteiger partial charge in [0.2, 0.25) is 0 Å². The van der Waals surface area contributed by atoms with Gasteiger partial charge in [-0.15, -0.1) is 0 Å². The molecule has 0 aliphatic heterocycles. The molecule has 0 saturated heterocycles. The van der Waals surface area contributed by atoms with Gasteiger partial charge < -0.3 is 10.3 Å². The molecule has 0 radical (unpaired) electrons. The number of hydrogen-bond donors (Lipinski definition) is 3. The Morgan fingerprint density at radius 2 is 2.27 bits per heavy atom. The van der Waals surface area contributed by atoms with Crippen LogP contribution in [0.5, 0.6) is 0 Å². The van der Waals surface area contributed by atoms with Crippen LogP contribution in [0, 0.1) is 5.21 Å². The number of quaternary nitrogens is 1. The van der Waals surface area contributed by atoms with Crippen LogP contribution in [0.15, 0.2) is 0 Å². The van der Waals surface area contributed by atoms with E-state index in [0.29, 0.717) is 0 Å². The first-order valence-corrected chi connectivity index (χ1v) is 3.17. The molecule has 0 saturated carbocycles. The first-order chi connectivity index (χ1) is 4.88. The van der Waals surface area contributed by atoms with E-state index >= 15 is 0 Å². The summed E-state index contributed by atoms with van der Waals surface area (Å²) in [4.78, 5) is 8.41. The number of nitrogens with zero attached hydrogens (tertiary/aromatic N) is 1. The maximum absolute atomic E-state index is 10.7. The smallest absolute Gasteiger partial charge is 0.409 e. The molecular formula is C5H12N2O4. The summed E-state index contributed by atoms with van der Waals surface area (Å²) in [5.41, 5.74) is 0. The predicted octanol–water partition coefficient (Wildman–Crippen LogP) is 0.324. The van der Waals surface area contributed by atoms with Crippen molar-refractivity contribution in [1.29, 1.82) is 0 Å². The van der Waals surface area contributed by atoms with Crippen LogP contribution in [0.25, 0.3) is 0 Å². The molecule has 3 N–H and O–H groups in total. The molecule has 0 spiro atoms. The Balaban J connectivity index is 4.07.